The Kier molecular flexibility index (Phi) is 3.64. The highest BCUT2D eigenvalue weighted by atomic mass is 35.7. The van der Waals surface area contributed by atoms with Crippen LogP contribution in [-0.4, -0.2) is 44.8 Å². The molecule has 1 unspecified atom stereocenters. The minimum atomic E-state index is -3.91. The van der Waals surface area contributed by atoms with Crippen LogP contribution in [0.1, 0.15) is 23.8 Å². The summed E-state index contributed by atoms with van der Waals surface area (Å²) in [5.41, 5.74) is -0.837. The van der Waals surface area contributed by atoms with Crippen molar-refractivity contribution in [1.29, 1.82) is 0 Å². The van der Waals surface area contributed by atoms with Crippen LogP contribution < -0.4 is 5.32 Å². The van der Waals surface area contributed by atoms with Crippen molar-refractivity contribution < 1.29 is 21.6 Å². The van der Waals surface area contributed by atoms with E-state index < -0.39 is 30.3 Å². The Bertz CT molecular complexity index is 752. The highest BCUT2D eigenvalue weighted by molar-refractivity contribution is 8.13. The molecule has 1 aromatic rings. The van der Waals surface area contributed by atoms with Crippen molar-refractivity contribution in [1.82, 2.24) is 10.3 Å². The van der Waals surface area contributed by atoms with E-state index in [9.17, 15) is 21.6 Å². The van der Waals surface area contributed by atoms with Gasteiger partial charge in [0, 0.05) is 16.9 Å². The van der Waals surface area contributed by atoms with Crippen molar-refractivity contribution in [2.75, 3.05) is 11.5 Å². The summed E-state index contributed by atoms with van der Waals surface area (Å²) < 4.78 is 45.1. The number of hydrogen-bond acceptors (Lipinski definition) is 5. The van der Waals surface area contributed by atoms with Crippen LogP contribution >= 0.6 is 10.7 Å². The van der Waals surface area contributed by atoms with Gasteiger partial charge in [0.05, 0.1) is 17.0 Å². The second-order valence-corrected chi connectivity index (χ2v) is 9.79. The summed E-state index contributed by atoms with van der Waals surface area (Å²) in [6.07, 6.45) is 1.42. The number of H-pyrrole nitrogens is 1. The van der Waals surface area contributed by atoms with E-state index in [4.69, 9.17) is 10.7 Å². The van der Waals surface area contributed by atoms with E-state index in [1.54, 1.807) is 6.92 Å². The lowest BCUT2D eigenvalue weighted by atomic mass is 10.0. The maximum absolute atomic E-state index is 12.0. The zero-order valence-corrected chi connectivity index (χ0v) is 12.9. The molecule has 0 aromatic carbocycles. The zero-order chi connectivity index (χ0) is 15.2. The molecule has 2 heterocycles. The van der Waals surface area contributed by atoms with Gasteiger partial charge in [-0.1, -0.05) is 0 Å². The van der Waals surface area contributed by atoms with Gasteiger partial charge in [0.15, 0.2) is 9.84 Å². The van der Waals surface area contributed by atoms with Crippen molar-refractivity contribution in [2.24, 2.45) is 0 Å². The number of sulfone groups is 1. The summed E-state index contributed by atoms with van der Waals surface area (Å²) in [6.45, 7) is 1.64. The predicted octanol–water partition coefficient (Wildman–Crippen LogP) is 0.249. The summed E-state index contributed by atoms with van der Waals surface area (Å²) in [5.74, 6) is -0.681. The minimum absolute atomic E-state index is 0.00903. The van der Waals surface area contributed by atoms with Crippen LogP contribution in [0.25, 0.3) is 0 Å². The predicted molar refractivity (Wildman–Crippen MR) is 73.0 cm³/mol. The SMILES string of the molecule is CC1(NC(=O)c2cc(S(=O)(=O)Cl)c[nH]2)CCS(=O)(=O)C1. The molecule has 2 N–H and O–H groups in total. The van der Waals surface area contributed by atoms with Crippen molar-refractivity contribution >= 4 is 35.5 Å². The number of carbonyl (C=O) groups excluding carboxylic acids is 1. The molecule has 1 aliphatic rings. The largest absolute Gasteiger partial charge is 0.356 e. The quantitative estimate of drug-likeness (QED) is 0.766. The fourth-order valence-corrected chi connectivity index (χ4v) is 4.92. The number of amides is 1. The van der Waals surface area contributed by atoms with Gasteiger partial charge in [0.1, 0.15) is 10.6 Å². The number of rotatable bonds is 3. The van der Waals surface area contributed by atoms with E-state index >= 15 is 0 Å². The maximum atomic E-state index is 12.0. The molecule has 1 amide bonds. The molecule has 10 heteroatoms. The fraction of sp³-hybridized carbons (Fsp3) is 0.500. The first-order chi connectivity index (χ1) is 9.01. The smallest absolute Gasteiger partial charge is 0.268 e. The second kappa shape index (κ2) is 4.74. The van der Waals surface area contributed by atoms with Gasteiger partial charge in [-0.25, -0.2) is 16.8 Å². The third-order valence-electron chi connectivity index (χ3n) is 3.10. The van der Waals surface area contributed by atoms with Crippen LogP contribution in [0.3, 0.4) is 0 Å². The van der Waals surface area contributed by atoms with Crippen LogP contribution in [0.15, 0.2) is 17.2 Å². The average molecular weight is 341 g/mol. The molecule has 0 aliphatic carbocycles. The number of aromatic nitrogens is 1. The van der Waals surface area contributed by atoms with Gasteiger partial charge >= 0.3 is 0 Å². The lowest BCUT2D eigenvalue weighted by molar-refractivity contribution is 0.0911. The van der Waals surface area contributed by atoms with Crippen LogP contribution in [-0.2, 0) is 18.9 Å². The van der Waals surface area contributed by atoms with Gasteiger partial charge in [-0.3, -0.25) is 4.79 Å². The molecule has 20 heavy (non-hydrogen) atoms. The average Bonchev–Trinajstić information content (AvgIpc) is 2.82. The van der Waals surface area contributed by atoms with Crippen LogP contribution in [0, 0.1) is 0 Å². The molecule has 112 valence electrons. The second-order valence-electron chi connectivity index (χ2n) is 5.04. The Morgan fingerprint density at radius 1 is 1.50 bits per heavy atom. The Morgan fingerprint density at radius 2 is 2.15 bits per heavy atom. The van der Waals surface area contributed by atoms with Gasteiger partial charge in [-0.15, -0.1) is 0 Å². The van der Waals surface area contributed by atoms with Crippen molar-refractivity contribution in [3.63, 3.8) is 0 Å². The van der Waals surface area contributed by atoms with Gasteiger partial charge in [0.2, 0.25) is 0 Å². The van der Waals surface area contributed by atoms with E-state index in [0.717, 1.165) is 12.3 Å². The molecular weight excluding hydrogens is 328 g/mol. The summed E-state index contributed by atoms with van der Waals surface area (Å²) >= 11 is 0. The van der Waals surface area contributed by atoms with Crippen molar-refractivity contribution in [2.45, 2.75) is 23.8 Å². The molecule has 0 radical (unpaired) electrons. The zero-order valence-electron chi connectivity index (χ0n) is 10.5. The molecule has 0 bridgehead atoms. The van der Waals surface area contributed by atoms with Crippen molar-refractivity contribution in [3.05, 3.63) is 18.0 Å². The van der Waals surface area contributed by atoms with E-state index in [1.807, 2.05) is 0 Å². The van der Waals surface area contributed by atoms with Crippen LogP contribution in [0.5, 0.6) is 0 Å². The molecule has 1 aliphatic heterocycles. The Morgan fingerprint density at radius 3 is 2.60 bits per heavy atom. The van der Waals surface area contributed by atoms with Gasteiger partial charge in [-0.2, -0.15) is 0 Å². The summed E-state index contributed by atoms with van der Waals surface area (Å²) in [7, 11) is -1.90. The molecule has 1 saturated heterocycles. The first kappa shape index (κ1) is 15.3. The van der Waals surface area contributed by atoms with Crippen LogP contribution in [0.4, 0.5) is 0 Å². The number of hydrogen-bond donors (Lipinski definition) is 2. The van der Waals surface area contributed by atoms with Gasteiger partial charge in [0.25, 0.3) is 15.0 Å². The molecule has 1 aromatic heterocycles. The molecule has 7 nitrogen and oxygen atoms in total. The number of aromatic amines is 1. The van der Waals surface area contributed by atoms with E-state index in [0.29, 0.717) is 6.42 Å². The number of halogens is 1. The summed E-state index contributed by atoms with van der Waals surface area (Å²) in [6, 6.07) is 1.10. The fourth-order valence-electron chi connectivity index (χ4n) is 2.10. The third kappa shape index (κ3) is 3.33. The Hall–Kier alpha value is -1.06. The molecular formula is C10H13ClN2O5S2. The monoisotopic (exact) mass is 340 g/mol. The van der Waals surface area contributed by atoms with Gasteiger partial charge < -0.3 is 10.3 Å². The van der Waals surface area contributed by atoms with Gasteiger partial charge in [-0.05, 0) is 19.4 Å². The molecule has 1 atom stereocenters. The van der Waals surface area contributed by atoms with E-state index in [2.05, 4.69) is 10.3 Å². The van der Waals surface area contributed by atoms with Crippen LogP contribution in [0.2, 0.25) is 0 Å². The third-order valence-corrected chi connectivity index (χ3v) is 6.34. The molecule has 1 fully saturated rings. The van der Waals surface area contributed by atoms with Crippen molar-refractivity contribution in [3.8, 4) is 0 Å². The lowest BCUT2D eigenvalue weighted by Crippen LogP contribution is -2.47. The summed E-state index contributed by atoms with van der Waals surface area (Å²) in [4.78, 5) is 14.3. The van der Waals surface area contributed by atoms with E-state index in [1.165, 1.54) is 0 Å². The topological polar surface area (TPSA) is 113 Å². The first-order valence-electron chi connectivity index (χ1n) is 5.67. The van der Waals surface area contributed by atoms with E-state index in [-0.39, 0.29) is 22.1 Å². The molecule has 0 saturated carbocycles. The molecule has 0 spiro atoms. The number of carbonyl (C=O) groups is 1. The highest BCUT2D eigenvalue weighted by Gasteiger charge is 2.39. The minimum Gasteiger partial charge on any atom is -0.356 e. The Labute approximate surface area is 121 Å². The normalized spacial score (nSPS) is 25.5. The summed E-state index contributed by atoms with van der Waals surface area (Å²) in [5, 5.41) is 2.60. The molecule has 2 rings (SSSR count). The maximum Gasteiger partial charge on any atom is 0.268 e. The first-order valence-corrected chi connectivity index (χ1v) is 9.80. The standard InChI is InChI=1S/C10H13ClN2O5S2/c1-10(2-3-19(15,16)6-10)13-9(14)8-4-7(5-12-8)20(11,17)18/h4-5,12H,2-3,6H2,1H3,(H,13,14). The lowest BCUT2D eigenvalue weighted by Gasteiger charge is -2.23. The number of nitrogens with one attached hydrogen (secondary N) is 2. The Balaban J connectivity index is 2.16. The highest BCUT2D eigenvalue weighted by Crippen LogP contribution is 2.23.